The van der Waals surface area contributed by atoms with Gasteiger partial charge < -0.3 is 10.6 Å². The number of hydrogen-bond acceptors (Lipinski definition) is 6. The van der Waals surface area contributed by atoms with E-state index < -0.39 is 6.04 Å². The molecule has 1 atom stereocenters. The standard InChI is InChI=1S/C25H23N7O/c1-32-17-21(16-30-32)20-8-10-23(29-15-20)31-25(33)24(19-5-3-2-4-6-19)27-12-11-22-9-7-18(13-26)14-28-22/h2-10,14-17,24,27H,11-12H2,1H3,(H,29,31,33)/t24-/m0/s1. The number of aryl methyl sites for hydroxylation is 1. The van der Waals surface area contributed by atoms with Crippen LogP contribution in [0.2, 0.25) is 0 Å². The van der Waals surface area contributed by atoms with E-state index in [2.05, 4.69) is 31.8 Å². The Labute approximate surface area is 191 Å². The summed E-state index contributed by atoms with van der Waals surface area (Å²) in [6.07, 6.45) is 7.58. The van der Waals surface area contributed by atoms with Crippen molar-refractivity contribution in [3.8, 4) is 17.2 Å². The first-order chi connectivity index (χ1) is 16.1. The normalized spacial score (nSPS) is 11.5. The molecular formula is C25H23N7O. The predicted octanol–water partition coefficient (Wildman–Crippen LogP) is 3.26. The number of amides is 1. The molecule has 4 rings (SSSR count). The maximum absolute atomic E-state index is 13.1. The molecule has 3 aromatic heterocycles. The number of rotatable bonds is 8. The van der Waals surface area contributed by atoms with Crippen molar-refractivity contribution < 1.29 is 4.79 Å². The molecule has 0 spiro atoms. The topological polar surface area (TPSA) is 109 Å². The Morgan fingerprint density at radius 3 is 2.52 bits per heavy atom. The highest BCUT2D eigenvalue weighted by atomic mass is 16.2. The zero-order valence-corrected chi connectivity index (χ0v) is 18.1. The first kappa shape index (κ1) is 21.9. The van der Waals surface area contributed by atoms with E-state index in [1.54, 1.807) is 35.4 Å². The summed E-state index contributed by atoms with van der Waals surface area (Å²) in [5, 5.41) is 19.3. The van der Waals surface area contributed by atoms with E-state index >= 15 is 0 Å². The van der Waals surface area contributed by atoms with Gasteiger partial charge in [-0.2, -0.15) is 10.4 Å². The van der Waals surface area contributed by atoms with Crippen LogP contribution in [0.5, 0.6) is 0 Å². The number of carbonyl (C=O) groups excluding carboxylic acids is 1. The molecule has 3 heterocycles. The van der Waals surface area contributed by atoms with E-state index in [1.807, 2.05) is 55.7 Å². The van der Waals surface area contributed by atoms with Gasteiger partial charge in [-0.05, 0) is 29.8 Å². The minimum Gasteiger partial charge on any atom is -0.309 e. The van der Waals surface area contributed by atoms with Gasteiger partial charge in [-0.15, -0.1) is 0 Å². The molecule has 0 aliphatic heterocycles. The fraction of sp³-hybridized carbons (Fsp3) is 0.160. The molecule has 0 aliphatic carbocycles. The quantitative estimate of drug-likeness (QED) is 0.438. The highest BCUT2D eigenvalue weighted by Crippen LogP contribution is 2.20. The fourth-order valence-electron chi connectivity index (χ4n) is 3.40. The molecule has 0 aliphatic rings. The molecule has 164 valence electrons. The third-order valence-electron chi connectivity index (χ3n) is 5.13. The summed E-state index contributed by atoms with van der Waals surface area (Å²) in [7, 11) is 1.86. The largest absolute Gasteiger partial charge is 0.309 e. The number of anilines is 1. The number of carbonyl (C=O) groups is 1. The number of pyridine rings is 2. The lowest BCUT2D eigenvalue weighted by Crippen LogP contribution is -2.34. The van der Waals surface area contributed by atoms with Gasteiger partial charge in [0.25, 0.3) is 0 Å². The Morgan fingerprint density at radius 1 is 1.03 bits per heavy atom. The number of aromatic nitrogens is 4. The predicted molar refractivity (Wildman–Crippen MR) is 125 cm³/mol. The van der Waals surface area contributed by atoms with E-state index in [1.165, 1.54) is 0 Å². The van der Waals surface area contributed by atoms with Gasteiger partial charge in [0, 0.05) is 55.4 Å². The smallest absolute Gasteiger partial charge is 0.247 e. The molecule has 0 unspecified atom stereocenters. The summed E-state index contributed by atoms with van der Waals surface area (Å²) in [5.74, 6) is 0.278. The minimum atomic E-state index is -0.551. The van der Waals surface area contributed by atoms with Gasteiger partial charge in [0.2, 0.25) is 5.91 Å². The Balaban J connectivity index is 1.42. The molecule has 4 aromatic rings. The van der Waals surface area contributed by atoms with Crippen LogP contribution >= 0.6 is 0 Å². The molecule has 0 fully saturated rings. The van der Waals surface area contributed by atoms with E-state index in [4.69, 9.17) is 5.26 Å². The van der Waals surface area contributed by atoms with E-state index in [0.717, 1.165) is 22.4 Å². The number of nitrogens with one attached hydrogen (secondary N) is 2. The highest BCUT2D eigenvalue weighted by Gasteiger charge is 2.20. The van der Waals surface area contributed by atoms with Crippen LogP contribution in [0.3, 0.4) is 0 Å². The van der Waals surface area contributed by atoms with Crippen LogP contribution in [0.15, 0.2) is 79.4 Å². The lowest BCUT2D eigenvalue weighted by molar-refractivity contribution is -0.118. The number of nitrogens with zero attached hydrogens (tertiary/aromatic N) is 5. The molecule has 0 bridgehead atoms. The van der Waals surface area contributed by atoms with Crippen molar-refractivity contribution in [2.45, 2.75) is 12.5 Å². The summed E-state index contributed by atoms with van der Waals surface area (Å²) in [4.78, 5) is 21.8. The van der Waals surface area contributed by atoms with Crippen molar-refractivity contribution in [3.63, 3.8) is 0 Å². The third kappa shape index (κ3) is 5.67. The molecule has 1 amide bonds. The molecule has 0 saturated heterocycles. The van der Waals surface area contributed by atoms with Crippen LogP contribution in [0.1, 0.15) is 22.9 Å². The number of hydrogen-bond donors (Lipinski definition) is 2. The second kappa shape index (κ2) is 10.3. The Kier molecular flexibility index (Phi) is 6.83. The molecule has 0 saturated carbocycles. The molecular weight excluding hydrogens is 414 g/mol. The van der Waals surface area contributed by atoms with Gasteiger partial charge in [0.05, 0.1) is 11.8 Å². The second-order valence-corrected chi connectivity index (χ2v) is 7.52. The Bertz CT molecular complexity index is 1240. The molecule has 2 N–H and O–H groups in total. The summed E-state index contributed by atoms with van der Waals surface area (Å²) in [6.45, 7) is 0.541. The van der Waals surface area contributed by atoms with Crippen LogP contribution in [-0.2, 0) is 18.3 Å². The molecule has 33 heavy (non-hydrogen) atoms. The van der Waals surface area contributed by atoms with Gasteiger partial charge in [0.1, 0.15) is 17.9 Å². The van der Waals surface area contributed by atoms with E-state index in [0.29, 0.717) is 24.3 Å². The first-order valence-corrected chi connectivity index (χ1v) is 10.5. The number of nitriles is 1. The van der Waals surface area contributed by atoms with Crippen LogP contribution in [0.4, 0.5) is 5.82 Å². The Hall–Kier alpha value is -4.35. The van der Waals surface area contributed by atoms with Gasteiger partial charge in [-0.3, -0.25) is 14.5 Å². The monoisotopic (exact) mass is 437 g/mol. The Morgan fingerprint density at radius 2 is 1.88 bits per heavy atom. The molecule has 8 nitrogen and oxygen atoms in total. The zero-order valence-electron chi connectivity index (χ0n) is 18.1. The third-order valence-corrected chi connectivity index (χ3v) is 5.13. The van der Waals surface area contributed by atoms with Crippen LogP contribution in [0, 0.1) is 11.3 Å². The maximum Gasteiger partial charge on any atom is 0.247 e. The lowest BCUT2D eigenvalue weighted by Gasteiger charge is -2.19. The van der Waals surface area contributed by atoms with Crippen molar-refractivity contribution in [2.24, 2.45) is 7.05 Å². The first-order valence-electron chi connectivity index (χ1n) is 10.5. The van der Waals surface area contributed by atoms with Crippen LogP contribution in [-0.4, -0.2) is 32.2 Å². The zero-order chi connectivity index (χ0) is 23.0. The van der Waals surface area contributed by atoms with Crippen LogP contribution < -0.4 is 10.6 Å². The summed E-state index contributed by atoms with van der Waals surface area (Å²) >= 11 is 0. The average molecular weight is 438 g/mol. The van der Waals surface area contributed by atoms with Gasteiger partial charge >= 0.3 is 0 Å². The van der Waals surface area contributed by atoms with Gasteiger partial charge in [0.15, 0.2) is 0 Å². The molecule has 0 radical (unpaired) electrons. The van der Waals surface area contributed by atoms with Gasteiger partial charge in [-0.25, -0.2) is 4.98 Å². The van der Waals surface area contributed by atoms with Crippen molar-refractivity contribution in [1.29, 1.82) is 5.26 Å². The number of benzene rings is 1. The average Bonchev–Trinajstić information content (AvgIpc) is 3.29. The van der Waals surface area contributed by atoms with E-state index in [-0.39, 0.29) is 5.91 Å². The molecule has 1 aromatic carbocycles. The minimum absolute atomic E-state index is 0.199. The van der Waals surface area contributed by atoms with Gasteiger partial charge in [-0.1, -0.05) is 30.3 Å². The molecule has 8 heteroatoms. The van der Waals surface area contributed by atoms with Crippen LogP contribution in [0.25, 0.3) is 11.1 Å². The summed E-state index contributed by atoms with van der Waals surface area (Å²) < 4.78 is 1.73. The maximum atomic E-state index is 13.1. The van der Waals surface area contributed by atoms with Crippen molar-refractivity contribution in [3.05, 3.63) is 96.2 Å². The van der Waals surface area contributed by atoms with E-state index in [9.17, 15) is 4.79 Å². The lowest BCUT2D eigenvalue weighted by atomic mass is 10.1. The second-order valence-electron chi connectivity index (χ2n) is 7.52. The van der Waals surface area contributed by atoms with Crippen molar-refractivity contribution in [2.75, 3.05) is 11.9 Å². The SMILES string of the molecule is Cn1cc(-c2ccc(NC(=O)[C@@H](NCCc3ccc(C#N)cn3)c3ccccc3)nc2)cn1. The summed E-state index contributed by atoms with van der Waals surface area (Å²) in [6, 6.07) is 18.3. The fourth-order valence-corrected chi connectivity index (χ4v) is 3.40. The highest BCUT2D eigenvalue weighted by molar-refractivity contribution is 5.94. The summed E-state index contributed by atoms with van der Waals surface area (Å²) in [5.41, 5.74) is 4.11. The van der Waals surface area contributed by atoms with Crippen molar-refractivity contribution >= 4 is 11.7 Å². The van der Waals surface area contributed by atoms with Crippen molar-refractivity contribution in [1.82, 2.24) is 25.1 Å².